The minimum Gasteiger partial charge on any atom is -0.504 e. The molecule has 2 amide bonds. The van der Waals surface area contributed by atoms with Crippen molar-refractivity contribution in [2.75, 3.05) is 13.9 Å². The fraction of sp³-hybridized carbons (Fsp3) is 0.0800. The molecule has 0 radical (unpaired) electrons. The number of nitrogens with one attached hydrogen (secondary N) is 2. The standard InChI is InChI=1S/C25H20ClN3O6/c1-33-22-12-18(26)11-17(23(22)30)13-27-29-25(32)19(28-24(31)16-5-3-2-4-6-16)9-15-7-8-20-21(10-15)35-14-34-20/h2-13,30H,14H2,1H3,(H,28,31)(H,29,32)/b19-9+,27-13+. The highest BCUT2D eigenvalue weighted by Crippen LogP contribution is 2.33. The number of carbonyl (C=O) groups is 2. The molecule has 3 aromatic rings. The maximum atomic E-state index is 12.9. The summed E-state index contributed by atoms with van der Waals surface area (Å²) in [4.78, 5) is 25.6. The lowest BCUT2D eigenvalue weighted by atomic mass is 10.1. The fourth-order valence-electron chi connectivity index (χ4n) is 3.18. The molecule has 4 rings (SSSR count). The second-order valence-corrected chi connectivity index (χ2v) is 7.67. The number of phenolic OH excluding ortho intramolecular Hbond substituents is 1. The first-order chi connectivity index (χ1) is 16.9. The van der Waals surface area contributed by atoms with E-state index in [1.54, 1.807) is 48.5 Å². The van der Waals surface area contributed by atoms with Crippen LogP contribution in [0.1, 0.15) is 21.5 Å². The van der Waals surface area contributed by atoms with Gasteiger partial charge in [0.15, 0.2) is 23.0 Å². The minimum absolute atomic E-state index is 0.0669. The number of rotatable bonds is 7. The van der Waals surface area contributed by atoms with E-state index in [0.717, 1.165) is 0 Å². The molecule has 3 aromatic carbocycles. The first kappa shape index (κ1) is 23.7. The SMILES string of the molecule is COc1cc(Cl)cc(/C=N/NC(=O)/C(=C\c2ccc3c(c2)OCO3)NC(=O)c2ccccc2)c1O. The zero-order valence-electron chi connectivity index (χ0n) is 18.4. The van der Waals surface area contributed by atoms with Gasteiger partial charge in [0.05, 0.1) is 13.3 Å². The second kappa shape index (κ2) is 10.6. The van der Waals surface area contributed by atoms with Crippen LogP contribution < -0.4 is 25.0 Å². The van der Waals surface area contributed by atoms with Crippen LogP contribution in [0.15, 0.2) is 71.5 Å². The molecule has 1 aliphatic heterocycles. The Bertz CT molecular complexity index is 1320. The third-order valence-electron chi connectivity index (χ3n) is 4.90. The first-order valence-corrected chi connectivity index (χ1v) is 10.7. The Morgan fingerprint density at radius 3 is 2.63 bits per heavy atom. The molecule has 0 unspecified atom stereocenters. The summed E-state index contributed by atoms with van der Waals surface area (Å²) in [5, 5.41) is 17.0. The normalized spacial score (nSPS) is 12.5. The van der Waals surface area contributed by atoms with Gasteiger partial charge in [-0.2, -0.15) is 5.10 Å². The molecule has 3 N–H and O–H groups in total. The molecular formula is C25H20ClN3O6. The first-order valence-electron chi connectivity index (χ1n) is 10.3. The molecule has 9 nitrogen and oxygen atoms in total. The van der Waals surface area contributed by atoms with E-state index in [2.05, 4.69) is 15.8 Å². The van der Waals surface area contributed by atoms with E-state index in [9.17, 15) is 14.7 Å². The molecule has 1 heterocycles. The average Bonchev–Trinajstić information content (AvgIpc) is 3.33. The molecule has 0 aromatic heterocycles. The molecule has 1 aliphatic rings. The van der Waals surface area contributed by atoms with Crippen LogP contribution >= 0.6 is 11.6 Å². The summed E-state index contributed by atoms with van der Waals surface area (Å²) < 4.78 is 15.7. The molecular weight excluding hydrogens is 474 g/mol. The predicted octanol–water partition coefficient (Wildman–Crippen LogP) is 3.70. The number of amides is 2. The van der Waals surface area contributed by atoms with Crippen molar-refractivity contribution in [1.29, 1.82) is 0 Å². The highest BCUT2D eigenvalue weighted by molar-refractivity contribution is 6.31. The Morgan fingerprint density at radius 2 is 1.86 bits per heavy atom. The Morgan fingerprint density at radius 1 is 1.09 bits per heavy atom. The number of halogens is 1. The van der Waals surface area contributed by atoms with Crippen molar-refractivity contribution in [1.82, 2.24) is 10.7 Å². The van der Waals surface area contributed by atoms with Crippen molar-refractivity contribution < 1.29 is 28.9 Å². The summed E-state index contributed by atoms with van der Waals surface area (Å²) in [7, 11) is 1.39. The van der Waals surface area contributed by atoms with Crippen molar-refractivity contribution >= 4 is 35.7 Å². The van der Waals surface area contributed by atoms with E-state index in [1.807, 2.05) is 0 Å². The lowest BCUT2D eigenvalue weighted by molar-refractivity contribution is -0.117. The molecule has 0 spiro atoms. The topological polar surface area (TPSA) is 118 Å². The Labute approximate surface area is 205 Å². The zero-order valence-corrected chi connectivity index (χ0v) is 19.2. The molecule has 0 bridgehead atoms. The summed E-state index contributed by atoms with van der Waals surface area (Å²) in [5.74, 6) is -0.100. The number of carbonyl (C=O) groups excluding carboxylic acids is 2. The molecule has 0 aliphatic carbocycles. The maximum Gasteiger partial charge on any atom is 0.287 e. The molecule has 10 heteroatoms. The van der Waals surface area contributed by atoms with Crippen molar-refractivity contribution in [2.24, 2.45) is 5.10 Å². The van der Waals surface area contributed by atoms with E-state index >= 15 is 0 Å². The third kappa shape index (κ3) is 5.71. The number of ether oxygens (including phenoxy) is 3. The molecule has 0 atom stereocenters. The van der Waals surface area contributed by atoms with Crippen LogP contribution in [0.25, 0.3) is 6.08 Å². The number of benzene rings is 3. The molecule has 0 saturated heterocycles. The fourth-order valence-corrected chi connectivity index (χ4v) is 3.40. The highest BCUT2D eigenvalue weighted by Gasteiger charge is 2.17. The van der Waals surface area contributed by atoms with Crippen LogP contribution in [0.3, 0.4) is 0 Å². The van der Waals surface area contributed by atoms with Crippen molar-refractivity contribution in [3.8, 4) is 23.0 Å². The minimum atomic E-state index is -0.698. The van der Waals surface area contributed by atoms with Gasteiger partial charge in [-0.1, -0.05) is 35.9 Å². The number of nitrogens with zero attached hydrogens (tertiary/aromatic N) is 1. The van der Waals surface area contributed by atoms with E-state index in [4.69, 9.17) is 25.8 Å². The van der Waals surface area contributed by atoms with E-state index in [1.165, 1.54) is 31.5 Å². The monoisotopic (exact) mass is 493 g/mol. The van der Waals surface area contributed by atoms with E-state index in [-0.39, 0.29) is 29.6 Å². The molecule has 35 heavy (non-hydrogen) atoms. The number of methoxy groups -OCH3 is 1. The second-order valence-electron chi connectivity index (χ2n) is 7.24. The number of aromatic hydroxyl groups is 1. The zero-order chi connectivity index (χ0) is 24.8. The van der Waals surface area contributed by atoms with Crippen LogP contribution in [0.4, 0.5) is 0 Å². The van der Waals surface area contributed by atoms with Crippen molar-refractivity contribution in [3.05, 3.63) is 88.1 Å². The number of hydrogen-bond acceptors (Lipinski definition) is 7. The summed E-state index contributed by atoms with van der Waals surface area (Å²) >= 11 is 6.02. The van der Waals surface area contributed by atoms with Gasteiger partial charge in [-0.15, -0.1) is 0 Å². The highest BCUT2D eigenvalue weighted by atomic mass is 35.5. The van der Waals surface area contributed by atoms with Gasteiger partial charge in [0.2, 0.25) is 6.79 Å². The summed E-state index contributed by atoms with van der Waals surface area (Å²) in [5.41, 5.74) is 3.46. The lowest BCUT2D eigenvalue weighted by Gasteiger charge is -2.10. The Balaban J connectivity index is 1.58. The summed E-state index contributed by atoms with van der Waals surface area (Å²) in [6.07, 6.45) is 2.69. The Kier molecular flexibility index (Phi) is 7.18. The van der Waals surface area contributed by atoms with Crippen LogP contribution in [0, 0.1) is 0 Å². The van der Waals surface area contributed by atoms with Crippen LogP contribution in [-0.4, -0.2) is 37.0 Å². The van der Waals surface area contributed by atoms with Gasteiger partial charge >= 0.3 is 0 Å². The number of hydrogen-bond donors (Lipinski definition) is 3. The quantitative estimate of drug-likeness (QED) is 0.262. The largest absolute Gasteiger partial charge is 0.504 e. The van der Waals surface area contributed by atoms with Gasteiger partial charge in [0.1, 0.15) is 5.70 Å². The number of hydrazone groups is 1. The lowest BCUT2D eigenvalue weighted by Crippen LogP contribution is -2.32. The summed E-state index contributed by atoms with van der Waals surface area (Å²) in [6, 6.07) is 16.5. The van der Waals surface area contributed by atoms with Gasteiger partial charge < -0.3 is 24.6 Å². The van der Waals surface area contributed by atoms with E-state index < -0.39 is 11.8 Å². The van der Waals surface area contributed by atoms with Crippen LogP contribution in [0.2, 0.25) is 5.02 Å². The molecule has 0 saturated carbocycles. The van der Waals surface area contributed by atoms with Crippen LogP contribution in [-0.2, 0) is 4.79 Å². The molecule has 0 fully saturated rings. The van der Waals surface area contributed by atoms with E-state index in [0.29, 0.717) is 27.6 Å². The van der Waals surface area contributed by atoms with Gasteiger partial charge in [0.25, 0.3) is 11.8 Å². The van der Waals surface area contributed by atoms with Crippen molar-refractivity contribution in [3.63, 3.8) is 0 Å². The maximum absolute atomic E-state index is 12.9. The predicted molar refractivity (Wildman–Crippen MR) is 130 cm³/mol. The van der Waals surface area contributed by atoms with Gasteiger partial charge in [-0.05, 0) is 42.0 Å². The number of phenols is 1. The van der Waals surface area contributed by atoms with Gasteiger partial charge in [0, 0.05) is 22.2 Å². The van der Waals surface area contributed by atoms with Gasteiger partial charge in [-0.25, -0.2) is 5.43 Å². The Hall–Kier alpha value is -4.50. The van der Waals surface area contributed by atoms with Crippen LogP contribution in [0.5, 0.6) is 23.0 Å². The number of fused-ring (bicyclic) bond motifs is 1. The van der Waals surface area contributed by atoms with Crippen molar-refractivity contribution in [2.45, 2.75) is 0 Å². The smallest absolute Gasteiger partial charge is 0.287 e. The summed E-state index contributed by atoms with van der Waals surface area (Å²) in [6.45, 7) is 0.108. The average molecular weight is 494 g/mol. The third-order valence-corrected chi connectivity index (χ3v) is 5.11. The molecule has 178 valence electrons. The van der Waals surface area contributed by atoms with Gasteiger partial charge in [-0.3, -0.25) is 9.59 Å².